The molecule has 0 bridgehead atoms. The van der Waals surface area contributed by atoms with E-state index in [9.17, 15) is 9.59 Å². The van der Waals surface area contributed by atoms with E-state index in [1.807, 2.05) is 24.3 Å². The maximum Gasteiger partial charge on any atom is 0.409 e. The second-order valence-electron chi connectivity index (χ2n) is 5.65. The molecule has 0 spiro atoms. The van der Waals surface area contributed by atoms with Crippen molar-refractivity contribution in [1.82, 2.24) is 4.90 Å². The van der Waals surface area contributed by atoms with E-state index in [4.69, 9.17) is 9.15 Å². The number of nitrogens with one attached hydrogen (secondary N) is 1. The van der Waals surface area contributed by atoms with E-state index >= 15 is 0 Å². The van der Waals surface area contributed by atoms with Gasteiger partial charge in [0.1, 0.15) is 0 Å². The van der Waals surface area contributed by atoms with Crippen LogP contribution in [0.1, 0.15) is 17.5 Å². The first-order chi connectivity index (χ1) is 12.2. The molecule has 1 aromatic carbocycles. The van der Waals surface area contributed by atoms with Crippen molar-refractivity contribution in [3.8, 4) is 0 Å². The molecule has 2 heterocycles. The van der Waals surface area contributed by atoms with Crippen LogP contribution in [0.3, 0.4) is 0 Å². The van der Waals surface area contributed by atoms with Gasteiger partial charge >= 0.3 is 6.09 Å². The Balaban J connectivity index is 1.54. The highest BCUT2D eigenvalue weighted by molar-refractivity contribution is 6.02. The molecular weight excluding hydrogens is 322 g/mol. The number of hydrogen-bond donors (Lipinski definition) is 1. The third-order valence-corrected chi connectivity index (χ3v) is 4.04. The smallest absolute Gasteiger partial charge is 0.409 e. The highest BCUT2D eigenvalue weighted by Gasteiger charge is 2.22. The lowest BCUT2D eigenvalue weighted by atomic mass is 10.2. The summed E-state index contributed by atoms with van der Waals surface area (Å²) in [5.41, 5.74) is 1.76. The zero-order valence-electron chi connectivity index (χ0n) is 14.1. The highest BCUT2D eigenvalue weighted by Crippen LogP contribution is 2.20. The zero-order valence-corrected chi connectivity index (χ0v) is 14.1. The molecule has 0 saturated carbocycles. The molecule has 7 heteroatoms. The van der Waals surface area contributed by atoms with Gasteiger partial charge in [-0.1, -0.05) is 0 Å². The number of amides is 2. The van der Waals surface area contributed by atoms with Gasteiger partial charge in [-0.15, -0.1) is 0 Å². The first kappa shape index (κ1) is 16.9. The first-order valence-electron chi connectivity index (χ1n) is 8.29. The molecule has 1 aromatic heterocycles. The number of benzene rings is 1. The summed E-state index contributed by atoms with van der Waals surface area (Å²) in [5, 5.41) is 2.79. The predicted octanol–water partition coefficient (Wildman–Crippen LogP) is 2.81. The molecular formula is C18H21N3O4. The van der Waals surface area contributed by atoms with E-state index in [1.165, 1.54) is 6.26 Å². The van der Waals surface area contributed by atoms with Crippen LogP contribution in [0.4, 0.5) is 16.2 Å². The van der Waals surface area contributed by atoms with Crippen LogP contribution in [0.15, 0.2) is 47.1 Å². The van der Waals surface area contributed by atoms with Crippen LogP contribution in [0.5, 0.6) is 0 Å². The predicted molar refractivity (Wildman–Crippen MR) is 93.9 cm³/mol. The Morgan fingerprint density at radius 2 is 1.84 bits per heavy atom. The number of nitrogens with zero attached hydrogens (tertiary/aromatic N) is 2. The summed E-state index contributed by atoms with van der Waals surface area (Å²) < 4.78 is 10.1. The van der Waals surface area contributed by atoms with Gasteiger partial charge in [0, 0.05) is 37.6 Å². The van der Waals surface area contributed by atoms with Gasteiger partial charge in [0.05, 0.1) is 12.9 Å². The molecule has 132 valence electrons. The molecule has 1 saturated heterocycles. The van der Waals surface area contributed by atoms with E-state index in [2.05, 4.69) is 10.2 Å². The van der Waals surface area contributed by atoms with E-state index in [0.717, 1.165) is 18.8 Å². The van der Waals surface area contributed by atoms with Crippen LogP contribution in [-0.4, -0.2) is 49.7 Å². The van der Waals surface area contributed by atoms with E-state index in [1.54, 1.807) is 24.0 Å². The quantitative estimate of drug-likeness (QED) is 0.924. The fourth-order valence-corrected chi connectivity index (χ4v) is 2.72. The zero-order chi connectivity index (χ0) is 17.6. The molecule has 25 heavy (non-hydrogen) atoms. The van der Waals surface area contributed by atoms with Crippen molar-refractivity contribution >= 4 is 23.4 Å². The normalized spacial score (nSPS) is 14.3. The van der Waals surface area contributed by atoms with Crippen LogP contribution in [0.2, 0.25) is 0 Å². The molecule has 1 aliphatic heterocycles. The molecule has 0 radical (unpaired) electrons. The number of furan rings is 1. The average molecular weight is 343 g/mol. The number of hydrogen-bond acceptors (Lipinski definition) is 5. The number of anilines is 2. The molecule has 0 atom stereocenters. The van der Waals surface area contributed by atoms with E-state index < -0.39 is 0 Å². The minimum Gasteiger partial charge on any atom is -0.459 e. The van der Waals surface area contributed by atoms with Crippen molar-refractivity contribution in [2.75, 3.05) is 43.0 Å². The highest BCUT2D eigenvalue weighted by atomic mass is 16.6. The molecule has 3 rings (SSSR count). The maximum absolute atomic E-state index is 12.0. The number of ether oxygens (including phenoxy) is 1. The Morgan fingerprint density at radius 3 is 2.44 bits per heavy atom. The van der Waals surface area contributed by atoms with Gasteiger partial charge in [-0.3, -0.25) is 4.79 Å². The molecule has 7 nitrogen and oxygen atoms in total. The molecule has 2 aromatic rings. The number of piperazine rings is 1. The van der Waals surface area contributed by atoms with Gasteiger partial charge in [0.15, 0.2) is 5.76 Å². The Hall–Kier alpha value is -2.96. The van der Waals surface area contributed by atoms with E-state index in [0.29, 0.717) is 25.4 Å². The minimum absolute atomic E-state index is 0.252. The summed E-state index contributed by atoms with van der Waals surface area (Å²) in [7, 11) is 0. The summed E-state index contributed by atoms with van der Waals surface area (Å²) in [5.74, 6) is -0.0000327. The summed E-state index contributed by atoms with van der Waals surface area (Å²) in [6.45, 7) is 4.96. The van der Waals surface area contributed by atoms with Crippen molar-refractivity contribution in [2.24, 2.45) is 0 Å². The van der Waals surface area contributed by atoms with Gasteiger partial charge in [-0.05, 0) is 43.3 Å². The Morgan fingerprint density at radius 1 is 1.12 bits per heavy atom. The largest absolute Gasteiger partial charge is 0.459 e. The molecule has 1 fully saturated rings. The Bertz CT molecular complexity index is 704. The van der Waals surface area contributed by atoms with Gasteiger partial charge in [0.25, 0.3) is 5.91 Å². The molecule has 1 aliphatic rings. The fourth-order valence-electron chi connectivity index (χ4n) is 2.72. The van der Waals surface area contributed by atoms with Crippen LogP contribution in [0, 0.1) is 0 Å². The third-order valence-electron chi connectivity index (χ3n) is 4.04. The first-order valence-corrected chi connectivity index (χ1v) is 8.29. The average Bonchev–Trinajstić information content (AvgIpc) is 3.18. The minimum atomic E-state index is -0.277. The van der Waals surface area contributed by atoms with Crippen LogP contribution in [0.25, 0.3) is 0 Å². The molecule has 0 aliphatic carbocycles. The van der Waals surface area contributed by atoms with Crippen molar-refractivity contribution in [3.05, 3.63) is 48.4 Å². The van der Waals surface area contributed by atoms with Gasteiger partial charge in [0.2, 0.25) is 0 Å². The number of carbonyl (C=O) groups excluding carboxylic acids is 2. The summed E-state index contributed by atoms with van der Waals surface area (Å²) in [6.07, 6.45) is 1.21. The summed E-state index contributed by atoms with van der Waals surface area (Å²) in [4.78, 5) is 27.6. The maximum atomic E-state index is 12.0. The second-order valence-corrected chi connectivity index (χ2v) is 5.65. The van der Waals surface area contributed by atoms with Crippen LogP contribution < -0.4 is 10.2 Å². The Kier molecular flexibility index (Phi) is 5.23. The third kappa shape index (κ3) is 4.12. The molecule has 0 unspecified atom stereocenters. The lowest BCUT2D eigenvalue weighted by Gasteiger charge is -2.35. The lowest BCUT2D eigenvalue weighted by molar-refractivity contribution is 0.0995. The summed E-state index contributed by atoms with van der Waals surface area (Å²) in [6, 6.07) is 10.9. The Labute approximate surface area is 146 Å². The fraction of sp³-hybridized carbons (Fsp3) is 0.333. The van der Waals surface area contributed by atoms with Crippen molar-refractivity contribution in [3.63, 3.8) is 0 Å². The standard InChI is InChI=1S/C18H21N3O4/c1-2-24-18(23)21-11-9-20(10-12-21)15-7-5-14(6-8-15)19-17(22)16-4-3-13-25-16/h3-8,13H,2,9-12H2,1H3,(H,19,22). The lowest BCUT2D eigenvalue weighted by Crippen LogP contribution is -2.49. The SMILES string of the molecule is CCOC(=O)N1CCN(c2ccc(NC(=O)c3ccco3)cc2)CC1. The van der Waals surface area contributed by atoms with Crippen LogP contribution in [-0.2, 0) is 4.74 Å². The van der Waals surface area contributed by atoms with Crippen molar-refractivity contribution in [2.45, 2.75) is 6.92 Å². The van der Waals surface area contributed by atoms with Gasteiger partial charge < -0.3 is 24.3 Å². The second kappa shape index (κ2) is 7.74. The van der Waals surface area contributed by atoms with Gasteiger partial charge in [-0.25, -0.2) is 4.79 Å². The summed E-state index contributed by atoms with van der Waals surface area (Å²) >= 11 is 0. The van der Waals surface area contributed by atoms with Gasteiger partial charge in [-0.2, -0.15) is 0 Å². The van der Waals surface area contributed by atoms with Crippen molar-refractivity contribution in [1.29, 1.82) is 0 Å². The monoisotopic (exact) mass is 343 g/mol. The number of rotatable bonds is 4. The number of carbonyl (C=O) groups is 2. The topological polar surface area (TPSA) is 75.0 Å². The van der Waals surface area contributed by atoms with Crippen molar-refractivity contribution < 1.29 is 18.7 Å². The van der Waals surface area contributed by atoms with Crippen LogP contribution >= 0.6 is 0 Å². The molecule has 2 amide bonds. The van der Waals surface area contributed by atoms with E-state index in [-0.39, 0.29) is 17.8 Å². The molecule has 1 N–H and O–H groups in total.